The molecule has 1 aliphatic rings. The monoisotopic (exact) mass is 264 g/mol. The minimum Gasteiger partial charge on any atom is -0.390 e. The van der Waals surface area contributed by atoms with Gasteiger partial charge in [0.25, 0.3) is 0 Å². The van der Waals surface area contributed by atoms with Crippen LogP contribution in [0.15, 0.2) is 6.07 Å². The van der Waals surface area contributed by atoms with Crippen molar-refractivity contribution in [2.75, 3.05) is 6.61 Å². The lowest BCUT2D eigenvalue weighted by atomic mass is 9.78. The molecule has 19 heavy (non-hydrogen) atoms. The van der Waals surface area contributed by atoms with Gasteiger partial charge in [0.05, 0.1) is 12.3 Å². The second kappa shape index (κ2) is 5.97. The summed E-state index contributed by atoms with van der Waals surface area (Å²) in [6, 6.07) is 1.83. The zero-order valence-corrected chi connectivity index (χ0v) is 12.1. The fourth-order valence-corrected chi connectivity index (χ4v) is 3.10. The van der Waals surface area contributed by atoms with Crippen LogP contribution < -0.4 is 0 Å². The first-order valence-electron chi connectivity index (χ1n) is 7.19. The summed E-state index contributed by atoms with van der Waals surface area (Å²) in [5.41, 5.74) is 1.22. The van der Waals surface area contributed by atoms with Crippen molar-refractivity contribution >= 4 is 0 Å². The molecule has 1 saturated carbocycles. The smallest absolute Gasteiger partial charge is 0.160 e. The van der Waals surface area contributed by atoms with Crippen LogP contribution in [0.25, 0.3) is 0 Å². The van der Waals surface area contributed by atoms with Crippen LogP contribution in [0.3, 0.4) is 0 Å². The second-order valence-corrected chi connectivity index (χ2v) is 5.61. The first kappa shape index (κ1) is 14.4. The predicted molar refractivity (Wildman–Crippen MR) is 73.6 cm³/mol. The fourth-order valence-electron chi connectivity index (χ4n) is 3.10. The third-order valence-electron chi connectivity index (χ3n) is 3.85. The van der Waals surface area contributed by atoms with Crippen LogP contribution >= 0.6 is 0 Å². The molecule has 0 bridgehead atoms. The molecule has 1 N–H and O–H groups in total. The molecule has 1 heterocycles. The third-order valence-corrected chi connectivity index (χ3v) is 3.85. The molecule has 4 heteroatoms. The Kier molecular flexibility index (Phi) is 4.53. The summed E-state index contributed by atoms with van der Waals surface area (Å²) in [7, 11) is 0. The Bertz CT molecular complexity index is 432. The van der Waals surface area contributed by atoms with Crippen molar-refractivity contribution in [2.24, 2.45) is 5.92 Å². The van der Waals surface area contributed by atoms with Gasteiger partial charge >= 0.3 is 0 Å². The molecule has 0 spiro atoms. The summed E-state index contributed by atoms with van der Waals surface area (Å²) in [4.78, 5) is 9.10. The van der Waals surface area contributed by atoms with Crippen LogP contribution in [0.2, 0.25) is 0 Å². The Morgan fingerprint density at radius 3 is 2.89 bits per heavy atom. The molecule has 1 aromatic rings. The van der Waals surface area contributed by atoms with Crippen molar-refractivity contribution in [3.05, 3.63) is 23.3 Å². The number of aromatic nitrogens is 2. The average Bonchev–Trinajstić information content (AvgIpc) is 2.38. The van der Waals surface area contributed by atoms with Gasteiger partial charge < -0.3 is 9.84 Å². The Morgan fingerprint density at radius 1 is 1.47 bits per heavy atom. The van der Waals surface area contributed by atoms with Crippen molar-refractivity contribution in [2.45, 2.75) is 58.7 Å². The van der Waals surface area contributed by atoms with Gasteiger partial charge in [-0.25, -0.2) is 9.97 Å². The predicted octanol–water partition coefficient (Wildman–Crippen LogP) is 2.72. The number of rotatable bonds is 4. The van der Waals surface area contributed by atoms with E-state index in [0.717, 1.165) is 30.8 Å². The van der Waals surface area contributed by atoms with Crippen LogP contribution in [0.4, 0.5) is 0 Å². The SMILES string of the molecule is CCOC1(c2nc(C)cc(CO)n2)CCCC(C)C1. The van der Waals surface area contributed by atoms with Gasteiger partial charge in [0, 0.05) is 12.3 Å². The van der Waals surface area contributed by atoms with E-state index in [-0.39, 0.29) is 12.2 Å². The number of nitrogens with zero attached hydrogens (tertiary/aromatic N) is 2. The van der Waals surface area contributed by atoms with Gasteiger partial charge in [-0.05, 0) is 45.1 Å². The van der Waals surface area contributed by atoms with Crippen molar-refractivity contribution < 1.29 is 9.84 Å². The van der Waals surface area contributed by atoms with Crippen molar-refractivity contribution in [3.63, 3.8) is 0 Å². The number of aryl methyl sites for hydroxylation is 1. The van der Waals surface area contributed by atoms with E-state index < -0.39 is 0 Å². The maximum Gasteiger partial charge on any atom is 0.160 e. The van der Waals surface area contributed by atoms with Crippen molar-refractivity contribution in [1.29, 1.82) is 0 Å². The molecule has 0 radical (unpaired) electrons. The normalized spacial score (nSPS) is 27.5. The van der Waals surface area contributed by atoms with Crippen LogP contribution in [-0.4, -0.2) is 21.7 Å². The van der Waals surface area contributed by atoms with E-state index in [9.17, 15) is 5.11 Å². The Labute approximate surface area is 115 Å². The summed E-state index contributed by atoms with van der Waals surface area (Å²) in [6.07, 6.45) is 4.33. The highest BCUT2D eigenvalue weighted by molar-refractivity contribution is 5.14. The zero-order valence-electron chi connectivity index (χ0n) is 12.1. The molecule has 0 saturated heterocycles. The lowest BCUT2D eigenvalue weighted by Gasteiger charge is -2.38. The molecular weight excluding hydrogens is 240 g/mol. The Hall–Kier alpha value is -1.00. The first-order valence-corrected chi connectivity index (χ1v) is 7.19. The lowest BCUT2D eigenvalue weighted by Crippen LogP contribution is -2.37. The van der Waals surface area contributed by atoms with Gasteiger partial charge in [-0.1, -0.05) is 13.3 Å². The van der Waals surface area contributed by atoms with E-state index in [4.69, 9.17) is 4.74 Å². The average molecular weight is 264 g/mol. The molecule has 106 valence electrons. The number of hydrogen-bond acceptors (Lipinski definition) is 4. The van der Waals surface area contributed by atoms with E-state index in [2.05, 4.69) is 16.9 Å². The van der Waals surface area contributed by atoms with Crippen LogP contribution in [0, 0.1) is 12.8 Å². The molecule has 0 amide bonds. The Morgan fingerprint density at radius 2 is 2.26 bits per heavy atom. The van der Waals surface area contributed by atoms with Crippen molar-refractivity contribution in [1.82, 2.24) is 9.97 Å². The summed E-state index contributed by atoms with van der Waals surface area (Å²) >= 11 is 0. The van der Waals surface area contributed by atoms with Crippen molar-refractivity contribution in [3.8, 4) is 0 Å². The van der Waals surface area contributed by atoms with Gasteiger partial charge in [0.15, 0.2) is 5.82 Å². The van der Waals surface area contributed by atoms with Gasteiger partial charge in [-0.15, -0.1) is 0 Å². The number of aliphatic hydroxyl groups excluding tert-OH is 1. The quantitative estimate of drug-likeness (QED) is 0.908. The number of hydrogen-bond donors (Lipinski definition) is 1. The topological polar surface area (TPSA) is 55.2 Å². The molecule has 2 rings (SSSR count). The molecular formula is C15H24N2O2. The van der Waals surface area contributed by atoms with Crippen LogP contribution in [0.5, 0.6) is 0 Å². The summed E-state index contributed by atoms with van der Waals surface area (Å²) < 4.78 is 6.07. The van der Waals surface area contributed by atoms with Gasteiger partial charge in [0.1, 0.15) is 5.60 Å². The molecule has 2 unspecified atom stereocenters. The summed E-state index contributed by atoms with van der Waals surface area (Å²) in [6.45, 7) is 6.84. The molecule has 1 aromatic heterocycles. The third kappa shape index (κ3) is 3.12. The lowest BCUT2D eigenvalue weighted by molar-refractivity contribution is -0.0883. The molecule has 1 fully saturated rings. The largest absolute Gasteiger partial charge is 0.390 e. The second-order valence-electron chi connectivity index (χ2n) is 5.61. The number of ether oxygens (including phenoxy) is 1. The highest BCUT2D eigenvalue weighted by Gasteiger charge is 2.40. The van der Waals surface area contributed by atoms with E-state index in [0.29, 0.717) is 18.2 Å². The fraction of sp³-hybridized carbons (Fsp3) is 0.733. The molecule has 0 aliphatic heterocycles. The first-order chi connectivity index (χ1) is 9.09. The minimum atomic E-state index is -0.359. The molecule has 2 atom stereocenters. The van der Waals surface area contributed by atoms with E-state index in [1.165, 1.54) is 6.42 Å². The summed E-state index contributed by atoms with van der Waals surface area (Å²) in [5.74, 6) is 1.38. The van der Waals surface area contributed by atoms with Crippen LogP contribution in [-0.2, 0) is 16.9 Å². The Balaban J connectivity index is 2.40. The van der Waals surface area contributed by atoms with Gasteiger partial charge in [-0.2, -0.15) is 0 Å². The molecule has 4 nitrogen and oxygen atoms in total. The highest BCUT2D eigenvalue weighted by atomic mass is 16.5. The molecule has 1 aliphatic carbocycles. The van der Waals surface area contributed by atoms with E-state index in [1.807, 2.05) is 19.9 Å². The standard InChI is InChI=1S/C15H24N2O2/c1-4-19-15(7-5-6-11(2)9-15)14-16-12(3)8-13(10-18)17-14/h8,11,18H,4-7,9-10H2,1-3H3. The highest BCUT2D eigenvalue weighted by Crippen LogP contribution is 2.41. The summed E-state index contributed by atoms with van der Waals surface area (Å²) in [5, 5.41) is 9.32. The van der Waals surface area contributed by atoms with E-state index >= 15 is 0 Å². The van der Waals surface area contributed by atoms with Gasteiger partial charge in [0.2, 0.25) is 0 Å². The number of aliphatic hydroxyl groups is 1. The van der Waals surface area contributed by atoms with Crippen LogP contribution in [0.1, 0.15) is 56.7 Å². The molecule has 0 aromatic carbocycles. The zero-order chi connectivity index (χ0) is 13.9. The maximum absolute atomic E-state index is 9.32. The van der Waals surface area contributed by atoms with Gasteiger partial charge in [-0.3, -0.25) is 0 Å². The maximum atomic E-state index is 9.32. The van der Waals surface area contributed by atoms with E-state index in [1.54, 1.807) is 0 Å². The minimum absolute atomic E-state index is 0.0475.